The van der Waals surface area contributed by atoms with Gasteiger partial charge in [0, 0.05) is 23.7 Å². The van der Waals surface area contributed by atoms with E-state index in [1.807, 2.05) is 18.2 Å². The van der Waals surface area contributed by atoms with Gasteiger partial charge in [-0.15, -0.1) is 0 Å². The average Bonchev–Trinajstić information content (AvgIpc) is 2.88. The third kappa shape index (κ3) is 7.13. The first-order valence-corrected chi connectivity index (χ1v) is 14.6. The molecule has 0 radical (unpaired) electrons. The largest absolute Gasteiger partial charge is 0.491 e. The number of ether oxygens (including phenoxy) is 1. The van der Waals surface area contributed by atoms with Crippen LogP contribution in [0.4, 0.5) is 5.69 Å². The second kappa shape index (κ2) is 12.8. The molecule has 0 aromatic heterocycles. The molecule has 0 spiro atoms. The van der Waals surface area contributed by atoms with Gasteiger partial charge in [0.2, 0.25) is 0 Å². The number of fused-ring (bicyclic) bond motifs is 2. The van der Waals surface area contributed by atoms with E-state index in [0.29, 0.717) is 36.3 Å². The van der Waals surface area contributed by atoms with E-state index in [1.54, 1.807) is 6.07 Å². The lowest BCUT2D eigenvalue weighted by Crippen LogP contribution is -2.31. The van der Waals surface area contributed by atoms with E-state index in [-0.39, 0.29) is 0 Å². The van der Waals surface area contributed by atoms with Gasteiger partial charge in [0.1, 0.15) is 5.75 Å². The highest BCUT2D eigenvalue weighted by Crippen LogP contribution is 2.35. The normalized spacial score (nSPS) is 23.5. The summed E-state index contributed by atoms with van der Waals surface area (Å²) in [5, 5.41) is 0.754. The van der Waals surface area contributed by atoms with Gasteiger partial charge in [-0.25, -0.2) is 0 Å². The van der Waals surface area contributed by atoms with Crippen LogP contribution in [0.1, 0.15) is 67.4 Å². The summed E-state index contributed by atoms with van der Waals surface area (Å²) in [7, 11) is -1.53. The van der Waals surface area contributed by atoms with Crippen molar-refractivity contribution in [2.75, 3.05) is 23.8 Å². The fraction of sp³-hybridized carbons (Fsp3) is 0.483. The number of hydrogen-bond acceptors (Lipinski definition) is 5. The van der Waals surface area contributed by atoms with E-state index < -0.39 is 16.5 Å². The highest BCUT2D eigenvalue weighted by atomic mass is 35.5. The molecule has 2 heterocycles. The number of anilines is 1. The lowest BCUT2D eigenvalue weighted by atomic mass is 9.91. The highest BCUT2D eigenvalue weighted by molar-refractivity contribution is 7.75. The van der Waals surface area contributed by atoms with Crippen LogP contribution in [-0.2, 0) is 27.8 Å². The second-order valence-electron chi connectivity index (χ2n) is 10.0. The van der Waals surface area contributed by atoms with Crippen LogP contribution in [0.25, 0.3) is 0 Å². The zero-order valence-electron chi connectivity index (χ0n) is 21.2. The Morgan fingerprint density at radius 2 is 1.89 bits per heavy atom. The quantitative estimate of drug-likeness (QED) is 0.265. The number of benzene rings is 2. The third-order valence-corrected chi connectivity index (χ3v) is 8.45. The minimum Gasteiger partial charge on any atom is -0.491 e. The molecule has 4 rings (SSSR count). The Hall–Kier alpha value is -2.31. The summed E-state index contributed by atoms with van der Waals surface area (Å²) in [5.41, 5.74) is 3.82. The first-order chi connectivity index (χ1) is 17.4. The van der Waals surface area contributed by atoms with Gasteiger partial charge >= 0.3 is 0 Å². The summed E-state index contributed by atoms with van der Waals surface area (Å²) >= 11 is 6.36. The molecule has 2 aromatic rings. The minimum atomic E-state index is -1.53. The molecular weight excluding hydrogens is 492 g/mol. The summed E-state index contributed by atoms with van der Waals surface area (Å²) in [4.78, 5) is 15.3. The lowest BCUT2D eigenvalue weighted by Gasteiger charge is -2.32. The number of carbonyl (C=O) groups excluding carboxylic acids is 1. The summed E-state index contributed by atoms with van der Waals surface area (Å²) in [6, 6.07) is 11.6. The first kappa shape index (κ1) is 26.7. The summed E-state index contributed by atoms with van der Waals surface area (Å²) < 4.78 is 22.6. The van der Waals surface area contributed by atoms with E-state index in [9.17, 15) is 9.00 Å². The zero-order chi connectivity index (χ0) is 25.5. The van der Waals surface area contributed by atoms with Crippen molar-refractivity contribution in [1.82, 2.24) is 0 Å². The fourth-order valence-electron chi connectivity index (χ4n) is 4.76. The molecule has 0 N–H and O–H groups in total. The van der Waals surface area contributed by atoms with Crippen LogP contribution in [0.15, 0.2) is 52.9 Å². The van der Waals surface area contributed by atoms with Crippen molar-refractivity contribution >= 4 is 33.8 Å². The maximum absolute atomic E-state index is 12.9. The Labute approximate surface area is 222 Å². The van der Waals surface area contributed by atoms with Crippen LogP contribution in [0.3, 0.4) is 0 Å². The molecule has 0 saturated heterocycles. The monoisotopic (exact) mass is 527 g/mol. The molecule has 2 aliphatic heterocycles. The number of allylic oxidation sites excluding steroid dienone is 2. The zero-order valence-corrected chi connectivity index (χ0v) is 22.8. The SMILES string of the molecule is C[C@H]1C/C=C/CCC[S-](=O)=NC(=O)c2ccc3c(c2)N(Cc2ccc(Cl)cc2CCCCO3)C[C@@H]1C. The summed E-state index contributed by atoms with van der Waals surface area (Å²) in [6.45, 7) is 6.70. The predicted octanol–water partition coefficient (Wildman–Crippen LogP) is 7.36. The van der Waals surface area contributed by atoms with Crippen LogP contribution in [0.2, 0.25) is 5.02 Å². The standard InChI is InChI=1S/C29H36ClN2O3S/c1-21-9-5-3-4-8-16-36(34)31-29(33)24-12-14-28-27(18-24)32(19-22(21)2)20-25-11-13-26(30)17-23(25)10-6-7-15-35-28/h3,5,11-14,17-18,21-22H,4,6-10,15-16,19-20H2,1-2H3/q-1/b5-3+/t21-,22-/m0/s1. The van der Waals surface area contributed by atoms with Crippen LogP contribution >= 0.6 is 11.6 Å². The molecular formula is C29H36ClN2O3S-. The van der Waals surface area contributed by atoms with Crippen molar-refractivity contribution in [3.63, 3.8) is 0 Å². The van der Waals surface area contributed by atoms with Crippen LogP contribution in [-0.4, -0.2) is 24.8 Å². The maximum Gasteiger partial charge on any atom is 0.254 e. The van der Waals surface area contributed by atoms with E-state index >= 15 is 0 Å². The maximum atomic E-state index is 12.9. The number of amides is 1. The van der Waals surface area contributed by atoms with Gasteiger partial charge in [-0.3, -0.25) is 4.79 Å². The molecule has 5 nitrogen and oxygen atoms in total. The van der Waals surface area contributed by atoms with Gasteiger partial charge in [-0.1, -0.05) is 55.8 Å². The van der Waals surface area contributed by atoms with Crippen molar-refractivity contribution < 1.29 is 13.7 Å². The van der Waals surface area contributed by atoms with Crippen LogP contribution < -0.4 is 9.64 Å². The number of halogens is 1. The smallest absolute Gasteiger partial charge is 0.254 e. The first-order valence-electron chi connectivity index (χ1n) is 13.0. The molecule has 0 fully saturated rings. The predicted molar refractivity (Wildman–Crippen MR) is 148 cm³/mol. The molecule has 2 aliphatic rings. The van der Waals surface area contributed by atoms with Crippen molar-refractivity contribution in [1.29, 1.82) is 0 Å². The Balaban J connectivity index is 1.81. The van der Waals surface area contributed by atoms with Gasteiger partial charge < -0.3 is 18.2 Å². The molecule has 36 heavy (non-hydrogen) atoms. The van der Waals surface area contributed by atoms with Gasteiger partial charge in [-0.05, 0) is 85.4 Å². The Kier molecular flexibility index (Phi) is 9.49. The second-order valence-corrected chi connectivity index (χ2v) is 11.7. The highest BCUT2D eigenvalue weighted by Gasteiger charge is 2.22. The van der Waals surface area contributed by atoms with E-state index in [2.05, 4.69) is 47.4 Å². The molecule has 0 unspecified atom stereocenters. The Morgan fingerprint density at radius 1 is 1.03 bits per heavy atom. The van der Waals surface area contributed by atoms with Crippen molar-refractivity contribution in [3.8, 4) is 5.75 Å². The minimum absolute atomic E-state index is 0.390. The molecule has 7 heteroatoms. The molecule has 194 valence electrons. The van der Waals surface area contributed by atoms with Gasteiger partial charge in [0.15, 0.2) is 0 Å². The van der Waals surface area contributed by atoms with Gasteiger partial charge in [0.05, 0.1) is 12.3 Å². The van der Waals surface area contributed by atoms with E-state index in [0.717, 1.165) is 61.5 Å². The number of carbonyl (C=O) groups is 1. The Bertz CT molecular complexity index is 1190. The lowest BCUT2D eigenvalue weighted by molar-refractivity contribution is 0.100. The Morgan fingerprint density at radius 3 is 2.75 bits per heavy atom. The van der Waals surface area contributed by atoms with Gasteiger partial charge in [0.25, 0.3) is 5.91 Å². The number of hydrogen-bond donors (Lipinski definition) is 0. The molecule has 0 saturated carbocycles. The van der Waals surface area contributed by atoms with Crippen molar-refractivity contribution in [2.24, 2.45) is 16.2 Å². The topological polar surface area (TPSA) is 59.0 Å². The third-order valence-electron chi connectivity index (χ3n) is 7.20. The number of rotatable bonds is 0. The van der Waals surface area contributed by atoms with Crippen molar-refractivity contribution in [2.45, 2.75) is 58.9 Å². The summed E-state index contributed by atoms with van der Waals surface area (Å²) in [6.07, 6.45) is 9.89. The fourth-order valence-corrected chi connectivity index (χ4v) is 5.75. The molecule has 2 aromatic carbocycles. The molecule has 1 amide bonds. The number of nitrogens with zero attached hydrogens (tertiary/aromatic N) is 2. The van der Waals surface area contributed by atoms with Crippen LogP contribution in [0, 0.1) is 11.8 Å². The van der Waals surface area contributed by atoms with Crippen molar-refractivity contribution in [3.05, 3.63) is 70.3 Å². The molecule has 2 atom stereocenters. The van der Waals surface area contributed by atoms with E-state index in [4.69, 9.17) is 16.3 Å². The summed E-state index contributed by atoms with van der Waals surface area (Å²) in [5.74, 6) is 1.61. The molecule has 2 bridgehead atoms. The average molecular weight is 528 g/mol. The van der Waals surface area contributed by atoms with Gasteiger partial charge in [-0.2, -0.15) is 10.6 Å². The van der Waals surface area contributed by atoms with E-state index in [1.165, 1.54) is 11.1 Å². The van der Waals surface area contributed by atoms with Crippen LogP contribution in [0.5, 0.6) is 5.75 Å². The molecule has 0 aliphatic carbocycles. The number of aryl methyl sites for hydroxylation is 1.